The van der Waals surface area contributed by atoms with Crippen molar-refractivity contribution in [3.63, 3.8) is 0 Å². The third-order valence-electron chi connectivity index (χ3n) is 5.16. The maximum absolute atomic E-state index is 13.2. The molecule has 2 amide bonds. The van der Waals surface area contributed by atoms with Crippen LogP contribution in [0.25, 0.3) is 6.08 Å². The van der Waals surface area contributed by atoms with Gasteiger partial charge in [-0.3, -0.25) is 19.4 Å². The van der Waals surface area contributed by atoms with Crippen LogP contribution in [0.5, 0.6) is 0 Å². The molecule has 0 atom stereocenters. The van der Waals surface area contributed by atoms with Crippen LogP contribution in [-0.4, -0.2) is 62.7 Å². The number of carbonyl (C=O) groups is 2. The normalized spacial score (nSPS) is 18.2. The molecule has 4 rings (SSSR count). The number of hydrogen-bond acceptors (Lipinski definition) is 5. The number of halogens is 1. The van der Waals surface area contributed by atoms with Crippen LogP contribution in [0.1, 0.15) is 5.56 Å². The molecule has 0 aliphatic carbocycles. The minimum absolute atomic E-state index is 0.0164. The van der Waals surface area contributed by atoms with E-state index in [-0.39, 0.29) is 18.4 Å². The lowest BCUT2D eigenvalue weighted by Gasteiger charge is -2.30. The van der Waals surface area contributed by atoms with E-state index in [1.54, 1.807) is 17.0 Å². The lowest BCUT2D eigenvalue weighted by molar-refractivity contribution is -0.122. The van der Waals surface area contributed by atoms with Gasteiger partial charge in [0.15, 0.2) is 0 Å². The van der Waals surface area contributed by atoms with E-state index in [1.807, 2.05) is 42.5 Å². The number of rotatable bonds is 6. The number of amides is 2. The number of benzene rings is 2. The van der Waals surface area contributed by atoms with Crippen LogP contribution in [0.15, 0.2) is 58.3 Å². The van der Waals surface area contributed by atoms with Gasteiger partial charge in [-0.15, -0.1) is 0 Å². The van der Waals surface area contributed by atoms with Crippen LogP contribution < -0.4 is 10.2 Å². The second-order valence-corrected chi connectivity index (χ2v) is 8.85. The summed E-state index contributed by atoms with van der Waals surface area (Å²) in [5.74, 6) is -0.351. The highest BCUT2D eigenvalue weighted by Crippen LogP contribution is 2.41. The fourth-order valence-corrected chi connectivity index (χ4v) is 4.69. The number of fused-ring (bicyclic) bond motifs is 1. The van der Waals surface area contributed by atoms with Gasteiger partial charge in [0.05, 0.1) is 23.8 Å². The number of thioether (sulfide) groups is 1. The van der Waals surface area contributed by atoms with Gasteiger partial charge >= 0.3 is 0 Å². The Balaban J connectivity index is 1.45. The molecule has 8 heteroatoms. The van der Waals surface area contributed by atoms with Gasteiger partial charge in [-0.25, -0.2) is 0 Å². The summed E-state index contributed by atoms with van der Waals surface area (Å²) in [4.78, 5) is 31.2. The van der Waals surface area contributed by atoms with Crippen LogP contribution in [0.2, 0.25) is 5.02 Å². The minimum atomic E-state index is -0.179. The number of nitrogens with one attached hydrogen (secondary N) is 1. The topological polar surface area (TPSA) is 61.9 Å². The van der Waals surface area contributed by atoms with Gasteiger partial charge in [-0.1, -0.05) is 47.6 Å². The highest BCUT2D eigenvalue weighted by molar-refractivity contribution is 8.04. The second-order valence-electron chi connectivity index (χ2n) is 7.33. The minimum Gasteiger partial charge on any atom is -0.379 e. The first-order valence-corrected chi connectivity index (χ1v) is 11.4. The third kappa shape index (κ3) is 5.68. The smallest absolute Gasteiger partial charge is 0.265 e. The van der Waals surface area contributed by atoms with Crippen molar-refractivity contribution >= 4 is 46.9 Å². The van der Waals surface area contributed by atoms with E-state index in [9.17, 15) is 9.59 Å². The van der Waals surface area contributed by atoms with Gasteiger partial charge in [0.1, 0.15) is 6.54 Å². The van der Waals surface area contributed by atoms with Gasteiger partial charge in [0.25, 0.3) is 5.91 Å². The number of hydrogen-bond donors (Lipinski definition) is 1. The average Bonchev–Trinajstić information content (AvgIpc) is 2.79. The first-order valence-electron chi connectivity index (χ1n) is 10.2. The van der Waals surface area contributed by atoms with Crippen molar-refractivity contribution in [2.24, 2.45) is 0 Å². The molecule has 1 saturated heterocycles. The Morgan fingerprint density at radius 3 is 2.65 bits per heavy atom. The van der Waals surface area contributed by atoms with Gasteiger partial charge < -0.3 is 10.1 Å². The zero-order valence-electron chi connectivity index (χ0n) is 17.1. The summed E-state index contributed by atoms with van der Waals surface area (Å²) in [5.41, 5.74) is 1.64. The van der Waals surface area contributed by atoms with Crippen molar-refractivity contribution in [3.05, 3.63) is 64.0 Å². The fraction of sp³-hybridized carbons (Fsp3) is 0.304. The van der Waals surface area contributed by atoms with E-state index < -0.39 is 0 Å². The Morgan fingerprint density at radius 2 is 1.87 bits per heavy atom. The van der Waals surface area contributed by atoms with Crippen LogP contribution >= 0.6 is 23.4 Å². The molecule has 0 radical (unpaired) electrons. The molecular formula is C23H24ClN3O3S. The maximum atomic E-state index is 13.2. The molecule has 162 valence electrons. The van der Waals surface area contributed by atoms with E-state index in [2.05, 4.69) is 10.2 Å². The molecule has 6 nitrogen and oxygen atoms in total. The highest BCUT2D eigenvalue weighted by Gasteiger charge is 2.30. The predicted octanol–water partition coefficient (Wildman–Crippen LogP) is 3.27. The Bertz CT molecular complexity index is 974. The van der Waals surface area contributed by atoms with Crippen molar-refractivity contribution < 1.29 is 14.3 Å². The largest absolute Gasteiger partial charge is 0.379 e. The monoisotopic (exact) mass is 457 g/mol. The molecule has 2 aromatic rings. The fourth-order valence-electron chi connectivity index (χ4n) is 3.51. The lowest BCUT2D eigenvalue weighted by atomic mass is 10.2. The Morgan fingerprint density at radius 1 is 1.13 bits per heavy atom. The third-order valence-corrected chi connectivity index (χ3v) is 6.48. The van der Waals surface area contributed by atoms with Crippen molar-refractivity contribution in [2.75, 3.05) is 50.8 Å². The summed E-state index contributed by atoms with van der Waals surface area (Å²) in [5, 5.41) is 3.59. The van der Waals surface area contributed by atoms with Crippen LogP contribution in [0, 0.1) is 0 Å². The average molecular weight is 458 g/mol. The van der Waals surface area contributed by atoms with Crippen molar-refractivity contribution in [3.8, 4) is 0 Å². The standard InChI is InChI=1S/C23H24ClN3O3S/c24-18-7-5-17(6-8-18)15-21-23(29)27(19-3-1-2-4-20(19)31-21)16-22(28)25-9-10-26-11-13-30-14-12-26/h1-8,15H,9-14,16H2,(H,25,28)/b21-15-. The molecule has 1 fully saturated rings. The molecule has 2 aromatic carbocycles. The van der Waals surface area contributed by atoms with Crippen LogP contribution in [-0.2, 0) is 14.3 Å². The van der Waals surface area contributed by atoms with Crippen LogP contribution in [0.4, 0.5) is 5.69 Å². The van der Waals surface area contributed by atoms with Gasteiger partial charge in [0, 0.05) is 36.1 Å². The molecule has 1 N–H and O–H groups in total. The molecular weight excluding hydrogens is 434 g/mol. The number of ether oxygens (including phenoxy) is 1. The molecule has 0 unspecified atom stereocenters. The molecule has 0 aromatic heterocycles. The Hall–Kier alpha value is -2.32. The van der Waals surface area contributed by atoms with Gasteiger partial charge in [0.2, 0.25) is 5.91 Å². The van der Waals surface area contributed by atoms with Gasteiger partial charge in [-0.2, -0.15) is 0 Å². The van der Waals surface area contributed by atoms with E-state index in [1.165, 1.54) is 11.8 Å². The quantitative estimate of drug-likeness (QED) is 0.674. The molecule has 0 bridgehead atoms. The zero-order chi connectivity index (χ0) is 21.6. The Kier molecular flexibility index (Phi) is 7.29. The summed E-state index contributed by atoms with van der Waals surface area (Å²) >= 11 is 7.39. The molecule has 2 aliphatic rings. The molecule has 31 heavy (non-hydrogen) atoms. The van der Waals surface area contributed by atoms with E-state index in [4.69, 9.17) is 16.3 Å². The van der Waals surface area contributed by atoms with Crippen molar-refractivity contribution in [1.29, 1.82) is 0 Å². The number of morpholine rings is 1. The summed E-state index contributed by atoms with van der Waals surface area (Å²) < 4.78 is 5.34. The Labute approximate surface area is 191 Å². The van der Waals surface area contributed by atoms with Crippen molar-refractivity contribution in [1.82, 2.24) is 10.2 Å². The van der Waals surface area contributed by atoms with Crippen LogP contribution in [0.3, 0.4) is 0 Å². The summed E-state index contributed by atoms with van der Waals surface area (Å²) in [6, 6.07) is 15.0. The predicted molar refractivity (Wildman–Crippen MR) is 124 cm³/mol. The first kappa shape index (κ1) is 21.9. The molecule has 0 spiro atoms. The molecule has 0 saturated carbocycles. The summed E-state index contributed by atoms with van der Waals surface area (Å²) in [7, 11) is 0. The van der Waals surface area contributed by atoms with Gasteiger partial charge in [-0.05, 0) is 35.9 Å². The number of carbonyl (C=O) groups excluding carboxylic acids is 2. The van der Waals surface area contributed by atoms with Crippen molar-refractivity contribution in [2.45, 2.75) is 4.90 Å². The molecule has 2 aliphatic heterocycles. The van der Waals surface area contributed by atoms with E-state index >= 15 is 0 Å². The summed E-state index contributed by atoms with van der Waals surface area (Å²) in [6.45, 7) is 4.52. The number of nitrogens with zero attached hydrogens (tertiary/aromatic N) is 2. The SMILES string of the molecule is O=C(CN1C(=O)/C(=C/c2ccc(Cl)cc2)Sc2ccccc21)NCCN1CCOCC1. The lowest BCUT2D eigenvalue weighted by Crippen LogP contribution is -2.45. The highest BCUT2D eigenvalue weighted by atomic mass is 35.5. The number of para-hydroxylation sites is 1. The molecule has 2 heterocycles. The summed E-state index contributed by atoms with van der Waals surface area (Å²) in [6.07, 6.45) is 1.84. The zero-order valence-corrected chi connectivity index (χ0v) is 18.6. The maximum Gasteiger partial charge on any atom is 0.265 e. The van der Waals surface area contributed by atoms with E-state index in [0.717, 1.165) is 49.0 Å². The van der Waals surface area contributed by atoms with E-state index in [0.29, 0.717) is 16.5 Å². The second kappa shape index (κ2) is 10.3. The number of anilines is 1. The first-order chi connectivity index (χ1) is 15.1.